The van der Waals surface area contributed by atoms with Crippen molar-refractivity contribution in [3.63, 3.8) is 0 Å². The number of amides is 1. The summed E-state index contributed by atoms with van der Waals surface area (Å²) in [7, 11) is 2.08. The van der Waals surface area contributed by atoms with Crippen LogP contribution in [0.2, 0.25) is 0 Å². The topological polar surface area (TPSA) is 92.3 Å². The highest BCUT2D eigenvalue weighted by Gasteiger charge is 2.23. The van der Waals surface area contributed by atoms with Crippen molar-refractivity contribution in [2.24, 2.45) is 0 Å². The van der Waals surface area contributed by atoms with Crippen LogP contribution in [0.25, 0.3) is 32.4 Å². The number of aromatic nitrogens is 3. The van der Waals surface area contributed by atoms with E-state index < -0.39 is 5.82 Å². The number of fused-ring (bicyclic) bond motifs is 2. The third kappa shape index (κ3) is 5.00. The first-order chi connectivity index (χ1) is 17.5. The number of nitrogens with zero attached hydrogens (tertiary/aromatic N) is 4. The molecule has 3 aromatic heterocycles. The molecule has 1 fully saturated rings. The van der Waals surface area contributed by atoms with Gasteiger partial charge in [0.1, 0.15) is 23.9 Å². The van der Waals surface area contributed by atoms with E-state index in [1.54, 1.807) is 11.3 Å². The lowest BCUT2D eigenvalue weighted by molar-refractivity contribution is -0.116. The Morgan fingerprint density at radius 3 is 3.00 bits per heavy atom. The minimum Gasteiger partial charge on any atom is -0.462 e. The number of benzene rings is 1. The minimum absolute atomic E-state index is 0.180. The Hall–Kier alpha value is -3.63. The van der Waals surface area contributed by atoms with Crippen molar-refractivity contribution in [1.82, 2.24) is 25.2 Å². The summed E-state index contributed by atoms with van der Waals surface area (Å²) in [5, 5.41) is 9.32. The van der Waals surface area contributed by atoms with Gasteiger partial charge in [-0.3, -0.25) is 4.79 Å². The van der Waals surface area contributed by atoms with Gasteiger partial charge >= 0.3 is 6.01 Å². The molecule has 10 heteroatoms. The zero-order chi connectivity index (χ0) is 25.1. The van der Waals surface area contributed by atoms with E-state index in [-0.39, 0.29) is 17.6 Å². The van der Waals surface area contributed by atoms with Gasteiger partial charge in [0.2, 0.25) is 5.91 Å². The van der Waals surface area contributed by atoms with E-state index in [0.29, 0.717) is 42.6 Å². The van der Waals surface area contributed by atoms with Gasteiger partial charge in [0.25, 0.3) is 0 Å². The number of carbonyl (C=O) groups excluding carboxylic acids is 1. The van der Waals surface area contributed by atoms with Crippen molar-refractivity contribution < 1.29 is 13.9 Å². The fourth-order valence-electron chi connectivity index (χ4n) is 4.38. The molecule has 0 bridgehead atoms. The molecule has 1 aliphatic heterocycles. The Bertz CT molecular complexity index is 1420. The lowest BCUT2D eigenvalue weighted by Crippen LogP contribution is -2.31. The molecule has 0 radical (unpaired) electrons. The number of likely N-dealkylation sites (N-methyl/N-ethyl adjacent to an activating group) is 1. The van der Waals surface area contributed by atoms with Gasteiger partial charge in [-0.1, -0.05) is 24.8 Å². The van der Waals surface area contributed by atoms with Crippen LogP contribution in [0.15, 0.2) is 48.4 Å². The van der Waals surface area contributed by atoms with E-state index in [2.05, 4.69) is 44.1 Å². The van der Waals surface area contributed by atoms with Crippen molar-refractivity contribution in [1.29, 1.82) is 0 Å². The number of anilines is 1. The molecule has 1 aliphatic rings. The molecule has 1 saturated heterocycles. The number of rotatable bonds is 9. The molecule has 4 heterocycles. The fraction of sp³-hybridized carbons (Fsp3) is 0.308. The lowest BCUT2D eigenvalue weighted by Gasteiger charge is -2.19. The third-order valence-electron chi connectivity index (χ3n) is 6.33. The van der Waals surface area contributed by atoms with Gasteiger partial charge in [0.05, 0.1) is 5.39 Å². The number of nitrogens with one attached hydrogen (secondary N) is 2. The molecule has 1 atom stereocenters. The largest absolute Gasteiger partial charge is 0.462 e. The predicted molar refractivity (Wildman–Crippen MR) is 141 cm³/mol. The first-order valence-electron chi connectivity index (χ1n) is 11.9. The number of hydrogen-bond donors (Lipinski definition) is 2. The van der Waals surface area contributed by atoms with Crippen molar-refractivity contribution in [2.75, 3.05) is 38.6 Å². The van der Waals surface area contributed by atoms with E-state index in [1.165, 1.54) is 12.1 Å². The Morgan fingerprint density at radius 2 is 2.19 bits per heavy atom. The molecule has 0 aliphatic carbocycles. The summed E-state index contributed by atoms with van der Waals surface area (Å²) in [6, 6.07) is 9.64. The van der Waals surface area contributed by atoms with Crippen molar-refractivity contribution >= 4 is 44.2 Å². The second-order valence-corrected chi connectivity index (χ2v) is 9.61. The van der Waals surface area contributed by atoms with Gasteiger partial charge in [0, 0.05) is 29.4 Å². The summed E-state index contributed by atoms with van der Waals surface area (Å²) in [6.07, 6.45) is 3.39. The molecule has 4 aromatic rings. The van der Waals surface area contributed by atoms with Crippen LogP contribution in [0, 0.1) is 5.82 Å². The van der Waals surface area contributed by atoms with Gasteiger partial charge in [-0.15, -0.1) is 11.3 Å². The molecular weight excluding hydrogens is 479 g/mol. The van der Waals surface area contributed by atoms with Gasteiger partial charge in [0.15, 0.2) is 5.65 Å². The highest BCUT2D eigenvalue weighted by Crippen LogP contribution is 2.35. The van der Waals surface area contributed by atoms with Crippen LogP contribution < -0.4 is 15.4 Å². The summed E-state index contributed by atoms with van der Waals surface area (Å²) in [4.78, 5) is 27.4. The second-order valence-electron chi connectivity index (χ2n) is 8.70. The monoisotopic (exact) mass is 506 g/mol. The Kier molecular flexibility index (Phi) is 7.06. The quantitative estimate of drug-likeness (QED) is 0.259. The van der Waals surface area contributed by atoms with Crippen LogP contribution in [-0.4, -0.2) is 65.1 Å². The van der Waals surface area contributed by atoms with Crippen LogP contribution in [-0.2, 0) is 4.79 Å². The average molecular weight is 507 g/mol. The van der Waals surface area contributed by atoms with Crippen LogP contribution in [0.1, 0.15) is 12.8 Å². The molecule has 1 aromatic carbocycles. The second kappa shape index (κ2) is 10.5. The molecule has 1 amide bonds. The van der Waals surface area contributed by atoms with E-state index >= 15 is 4.39 Å². The number of ether oxygens (including phenoxy) is 1. The van der Waals surface area contributed by atoms with Gasteiger partial charge < -0.3 is 20.3 Å². The molecule has 2 N–H and O–H groups in total. The van der Waals surface area contributed by atoms with Gasteiger partial charge in [-0.25, -0.2) is 9.37 Å². The Morgan fingerprint density at radius 1 is 1.31 bits per heavy atom. The Labute approximate surface area is 212 Å². The maximum atomic E-state index is 15.4. The van der Waals surface area contributed by atoms with Crippen molar-refractivity contribution in [3.8, 4) is 17.3 Å². The van der Waals surface area contributed by atoms with E-state index in [0.717, 1.165) is 35.0 Å². The lowest BCUT2D eigenvalue weighted by atomic mass is 10.1. The van der Waals surface area contributed by atoms with Crippen LogP contribution in [0.4, 0.5) is 10.2 Å². The summed E-state index contributed by atoms with van der Waals surface area (Å²) in [6.45, 7) is 5.65. The zero-order valence-corrected chi connectivity index (χ0v) is 20.8. The number of pyridine rings is 1. The average Bonchev–Trinajstić information content (AvgIpc) is 3.53. The van der Waals surface area contributed by atoms with E-state index in [9.17, 15) is 4.79 Å². The van der Waals surface area contributed by atoms with E-state index in [1.807, 2.05) is 29.6 Å². The first kappa shape index (κ1) is 24.1. The Balaban J connectivity index is 1.50. The fourth-order valence-corrected chi connectivity index (χ4v) is 5.29. The van der Waals surface area contributed by atoms with E-state index in [4.69, 9.17) is 4.74 Å². The third-order valence-corrected chi connectivity index (χ3v) is 7.30. The van der Waals surface area contributed by atoms with Crippen LogP contribution in [0.3, 0.4) is 0 Å². The molecular formula is C26H27FN6O2S. The molecule has 186 valence electrons. The molecule has 36 heavy (non-hydrogen) atoms. The number of thiophene rings is 1. The van der Waals surface area contributed by atoms with Crippen LogP contribution >= 0.6 is 11.3 Å². The highest BCUT2D eigenvalue weighted by atomic mass is 32.1. The molecule has 8 nitrogen and oxygen atoms in total. The van der Waals surface area contributed by atoms with Gasteiger partial charge in [-0.05, 0) is 55.4 Å². The number of hydrogen-bond acceptors (Lipinski definition) is 8. The number of carbonyl (C=O) groups is 1. The standard InChI is InChI=1S/C26H27FN6O2S/c1-3-21(34)28-10-11-29-24-19-14-20(27)22(18-8-4-6-16-9-13-36-23(16)18)30-25(19)32-26(31-24)35-15-17-7-5-12-33(17)2/h3-4,6,8-9,13-14,17H,1,5,7,10-12,15H2,2H3,(H,28,34)(H,29,30,31,32)/t17-/m0/s1. The highest BCUT2D eigenvalue weighted by molar-refractivity contribution is 7.17. The summed E-state index contributed by atoms with van der Waals surface area (Å²) >= 11 is 1.55. The normalized spacial score (nSPS) is 15.9. The van der Waals surface area contributed by atoms with Crippen molar-refractivity contribution in [3.05, 3.63) is 54.2 Å². The predicted octanol–water partition coefficient (Wildman–Crippen LogP) is 4.23. The maximum Gasteiger partial charge on any atom is 0.320 e. The zero-order valence-electron chi connectivity index (χ0n) is 20.0. The maximum absolute atomic E-state index is 15.4. The first-order valence-corrected chi connectivity index (χ1v) is 12.7. The van der Waals surface area contributed by atoms with Gasteiger partial charge in [-0.2, -0.15) is 9.97 Å². The minimum atomic E-state index is -0.462. The molecule has 0 saturated carbocycles. The molecule has 0 unspecified atom stereocenters. The molecule has 0 spiro atoms. The number of likely N-dealkylation sites (tertiary alicyclic amines) is 1. The summed E-state index contributed by atoms with van der Waals surface area (Å²) in [5.41, 5.74) is 1.29. The smallest absolute Gasteiger partial charge is 0.320 e. The van der Waals surface area contributed by atoms with Crippen LogP contribution in [0.5, 0.6) is 6.01 Å². The summed E-state index contributed by atoms with van der Waals surface area (Å²) < 4.78 is 22.4. The van der Waals surface area contributed by atoms with Crippen molar-refractivity contribution in [2.45, 2.75) is 18.9 Å². The summed E-state index contributed by atoms with van der Waals surface area (Å²) in [5.74, 6) is -0.333. The SMILES string of the molecule is C=CC(=O)NCCNc1nc(OC[C@@H]2CCCN2C)nc2nc(-c3cccc4ccsc34)c(F)cc12. The molecule has 5 rings (SSSR count). The number of halogens is 1.